The molecule has 2 N–H and O–H groups in total. The minimum atomic E-state index is 0.408. The minimum Gasteiger partial charge on any atom is -0.384 e. The fourth-order valence-corrected chi connectivity index (χ4v) is 2.80. The molecular weight excluding hydrogens is 236 g/mol. The molecule has 0 saturated carbocycles. The Morgan fingerprint density at radius 3 is 2.42 bits per heavy atom. The standard InChI is InChI=1S/C15H26N4/c1-5-13-17-12(16)10-14(18-13)19-8-6-11(7-9-19)15(2,3)4/h10-11H,5-9H2,1-4H3,(H2,16,17,18). The lowest BCUT2D eigenvalue weighted by atomic mass is 9.75. The number of nitrogens with zero attached hydrogens (tertiary/aromatic N) is 3. The Labute approximate surface area is 116 Å². The lowest BCUT2D eigenvalue weighted by molar-refractivity contribution is 0.198. The Hall–Kier alpha value is -1.32. The molecule has 0 atom stereocenters. The van der Waals surface area contributed by atoms with Crippen LogP contribution in [0.5, 0.6) is 0 Å². The van der Waals surface area contributed by atoms with Crippen LogP contribution in [-0.4, -0.2) is 23.1 Å². The maximum absolute atomic E-state index is 5.86. The highest BCUT2D eigenvalue weighted by molar-refractivity contribution is 5.47. The molecule has 0 bridgehead atoms. The van der Waals surface area contributed by atoms with Gasteiger partial charge in [-0.05, 0) is 24.2 Å². The van der Waals surface area contributed by atoms with Crippen molar-refractivity contribution in [3.8, 4) is 0 Å². The van der Waals surface area contributed by atoms with Gasteiger partial charge in [-0.3, -0.25) is 0 Å². The first-order valence-corrected chi connectivity index (χ1v) is 7.28. The van der Waals surface area contributed by atoms with Crippen LogP contribution < -0.4 is 10.6 Å². The third-order valence-electron chi connectivity index (χ3n) is 4.14. The van der Waals surface area contributed by atoms with E-state index in [0.29, 0.717) is 11.2 Å². The second-order valence-corrected chi connectivity index (χ2v) is 6.55. The van der Waals surface area contributed by atoms with Gasteiger partial charge in [-0.1, -0.05) is 27.7 Å². The van der Waals surface area contributed by atoms with Crippen molar-refractivity contribution in [2.45, 2.75) is 47.0 Å². The van der Waals surface area contributed by atoms with Crippen LogP contribution >= 0.6 is 0 Å². The summed E-state index contributed by atoms with van der Waals surface area (Å²) in [7, 11) is 0. The average molecular weight is 262 g/mol. The number of hydrogen-bond donors (Lipinski definition) is 1. The second-order valence-electron chi connectivity index (χ2n) is 6.55. The molecule has 19 heavy (non-hydrogen) atoms. The Balaban J connectivity index is 2.07. The van der Waals surface area contributed by atoms with Crippen LogP contribution in [0.25, 0.3) is 0 Å². The molecule has 1 aliphatic heterocycles. The zero-order chi connectivity index (χ0) is 14.0. The van der Waals surface area contributed by atoms with Gasteiger partial charge < -0.3 is 10.6 Å². The van der Waals surface area contributed by atoms with E-state index in [2.05, 4.69) is 42.6 Å². The second kappa shape index (κ2) is 5.35. The zero-order valence-corrected chi connectivity index (χ0v) is 12.6. The summed E-state index contributed by atoms with van der Waals surface area (Å²) in [6, 6.07) is 1.90. The number of piperidine rings is 1. The summed E-state index contributed by atoms with van der Waals surface area (Å²) >= 11 is 0. The monoisotopic (exact) mass is 262 g/mol. The lowest BCUT2D eigenvalue weighted by Gasteiger charge is -2.39. The Morgan fingerprint density at radius 2 is 1.89 bits per heavy atom. The Morgan fingerprint density at radius 1 is 1.26 bits per heavy atom. The number of rotatable bonds is 2. The van der Waals surface area contributed by atoms with Crippen molar-refractivity contribution in [1.29, 1.82) is 0 Å². The van der Waals surface area contributed by atoms with E-state index in [9.17, 15) is 0 Å². The van der Waals surface area contributed by atoms with Crippen LogP contribution in [0.1, 0.15) is 46.4 Å². The molecule has 4 nitrogen and oxygen atoms in total. The number of anilines is 2. The first-order valence-electron chi connectivity index (χ1n) is 7.28. The van der Waals surface area contributed by atoms with Crippen LogP contribution in [0.2, 0.25) is 0 Å². The van der Waals surface area contributed by atoms with E-state index in [1.165, 1.54) is 12.8 Å². The highest BCUT2D eigenvalue weighted by atomic mass is 15.2. The largest absolute Gasteiger partial charge is 0.384 e. The Kier molecular flexibility index (Phi) is 3.97. The first-order chi connectivity index (χ1) is 8.90. The summed E-state index contributed by atoms with van der Waals surface area (Å²) in [6.07, 6.45) is 3.29. The maximum atomic E-state index is 5.86. The van der Waals surface area contributed by atoms with Gasteiger partial charge in [0.1, 0.15) is 17.5 Å². The number of nitrogen functional groups attached to an aromatic ring is 1. The van der Waals surface area contributed by atoms with E-state index in [1.807, 2.05) is 6.07 Å². The fraction of sp³-hybridized carbons (Fsp3) is 0.733. The SMILES string of the molecule is CCc1nc(N)cc(N2CCC(C(C)(C)C)CC2)n1. The summed E-state index contributed by atoms with van der Waals surface area (Å²) in [5.41, 5.74) is 6.27. The van der Waals surface area contributed by atoms with E-state index >= 15 is 0 Å². The molecule has 1 saturated heterocycles. The number of aromatic nitrogens is 2. The smallest absolute Gasteiger partial charge is 0.134 e. The molecule has 2 rings (SSSR count). The summed E-state index contributed by atoms with van der Waals surface area (Å²) in [5.74, 6) is 3.22. The minimum absolute atomic E-state index is 0.408. The van der Waals surface area contributed by atoms with Crippen molar-refractivity contribution in [3.63, 3.8) is 0 Å². The molecule has 1 fully saturated rings. The molecule has 0 amide bonds. The van der Waals surface area contributed by atoms with E-state index < -0.39 is 0 Å². The third-order valence-corrected chi connectivity index (χ3v) is 4.14. The normalized spacial score (nSPS) is 17.8. The van der Waals surface area contributed by atoms with Crippen LogP contribution in [0.3, 0.4) is 0 Å². The summed E-state index contributed by atoms with van der Waals surface area (Å²) in [4.78, 5) is 11.2. The average Bonchev–Trinajstić information content (AvgIpc) is 2.37. The Bertz CT molecular complexity index is 428. The van der Waals surface area contributed by atoms with E-state index in [0.717, 1.165) is 37.1 Å². The molecule has 106 valence electrons. The van der Waals surface area contributed by atoms with Gasteiger partial charge in [0.05, 0.1) is 0 Å². The van der Waals surface area contributed by atoms with Gasteiger partial charge in [0, 0.05) is 25.6 Å². The van der Waals surface area contributed by atoms with E-state index in [4.69, 9.17) is 5.73 Å². The van der Waals surface area contributed by atoms with Gasteiger partial charge in [0.15, 0.2) is 0 Å². The number of aryl methyl sites for hydroxylation is 1. The van der Waals surface area contributed by atoms with Gasteiger partial charge in [-0.25, -0.2) is 9.97 Å². The molecular formula is C15H26N4. The van der Waals surface area contributed by atoms with Crippen molar-refractivity contribution in [2.24, 2.45) is 11.3 Å². The molecule has 1 aromatic heterocycles. The van der Waals surface area contributed by atoms with Gasteiger partial charge in [0.2, 0.25) is 0 Å². The fourth-order valence-electron chi connectivity index (χ4n) is 2.80. The highest BCUT2D eigenvalue weighted by Gasteiger charge is 2.29. The predicted octanol–water partition coefficient (Wildman–Crippen LogP) is 2.88. The quantitative estimate of drug-likeness (QED) is 0.890. The molecule has 0 spiro atoms. The maximum Gasteiger partial charge on any atom is 0.134 e. The summed E-state index contributed by atoms with van der Waals surface area (Å²) in [5, 5.41) is 0. The topological polar surface area (TPSA) is 55.0 Å². The van der Waals surface area contributed by atoms with Crippen molar-refractivity contribution in [1.82, 2.24) is 9.97 Å². The first kappa shape index (κ1) is 14.1. The van der Waals surface area contributed by atoms with Crippen LogP contribution in [-0.2, 0) is 6.42 Å². The third kappa shape index (κ3) is 3.37. The lowest BCUT2D eigenvalue weighted by Crippen LogP contribution is -2.38. The number of nitrogens with two attached hydrogens (primary N) is 1. The molecule has 2 heterocycles. The zero-order valence-electron chi connectivity index (χ0n) is 12.6. The predicted molar refractivity (Wildman–Crippen MR) is 80.2 cm³/mol. The van der Waals surface area contributed by atoms with E-state index in [1.54, 1.807) is 0 Å². The van der Waals surface area contributed by atoms with Gasteiger partial charge in [-0.2, -0.15) is 0 Å². The van der Waals surface area contributed by atoms with Crippen molar-refractivity contribution >= 4 is 11.6 Å². The molecule has 1 aliphatic rings. The van der Waals surface area contributed by atoms with Gasteiger partial charge >= 0.3 is 0 Å². The molecule has 0 aromatic carbocycles. The molecule has 0 radical (unpaired) electrons. The van der Waals surface area contributed by atoms with Crippen LogP contribution in [0, 0.1) is 11.3 Å². The van der Waals surface area contributed by atoms with Crippen molar-refractivity contribution in [2.75, 3.05) is 23.7 Å². The molecule has 4 heteroatoms. The summed E-state index contributed by atoms with van der Waals surface area (Å²) < 4.78 is 0. The van der Waals surface area contributed by atoms with Crippen LogP contribution in [0.4, 0.5) is 11.6 Å². The molecule has 1 aromatic rings. The van der Waals surface area contributed by atoms with Gasteiger partial charge in [0.25, 0.3) is 0 Å². The summed E-state index contributed by atoms with van der Waals surface area (Å²) in [6.45, 7) is 11.2. The van der Waals surface area contributed by atoms with E-state index in [-0.39, 0.29) is 0 Å². The molecule has 0 aliphatic carbocycles. The molecule has 0 unspecified atom stereocenters. The van der Waals surface area contributed by atoms with Crippen molar-refractivity contribution < 1.29 is 0 Å². The van der Waals surface area contributed by atoms with Crippen molar-refractivity contribution in [3.05, 3.63) is 11.9 Å². The van der Waals surface area contributed by atoms with Crippen LogP contribution in [0.15, 0.2) is 6.07 Å². The van der Waals surface area contributed by atoms with Gasteiger partial charge in [-0.15, -0.1) is 0 Å². The number of hydrogen-bond acceptors (Lipinski definition) is 4. The highest BCUT2D eigenvalue weighted by Crippen LogP contribution is 2.35.